The Bertz CT molecular complexity index is 996. The number of aliphatic imine (C=N–C) groups is 1. The van der Waals surface area contributed by atoms with Crippen LogP contribution in [0.2, 0.25) is 0 Å². The monoisotopic (exact) mass is 399 g/mol. The first-order valence-electron chi connectivity index (χ1n) is 9.41. The van der Waals surface area contributed by atoms with Crippen molar-refractivity contribution in [2.75, 3.05) is 5.32 Å². The molecule has 0 saturated carbocycles. The summed E-state index contributed by atoms with van der Waals surface area (Å²) < 4.78 is 27.0. The van der Waals surface area contributed by atoms with Crippen molar-refractivity contribution in [3.8, 4) is 0 Å². The summed E-state index contributed by atoms with van der Waals surface area (Å²) in [5.41, 5.74) is 2.41. The van der Waals surface area contributed by atoms with Gasteiger partial charge < -0.3 is 5.32 Å². The van der Waals surface area contributed by atoms with Crippen LogP contribution in [0.3, 0.4) is 0 Å². The first kappa shape index (κ1) is 20.1. The summed E-state index contributed by atoms with van der Waals surface area (Å²) in [4.78, 5) is 17.5. The van der Waals surface area contributed by atoms with Gasteiger partial charge in [-0.1, -0.05) is 51.5 Å². The van der Waals surface area contributed by atoms with E-state index < -0.39 is 16.1 Å². The minimum Gasteiger partial charge on any atom is -0.324 e. The van der Waals surface area contributed by atoms with E-state index in [2.05, 4.69) is 22.0 Å². The highest BCUT2D eigenvalue weighted by Gasteiger charge is 2.32. The normalized spacial score (nSPS) is 17.2. The van der Waals surface area contributed by atoms with Gasteiger partial charge in [-0.15, -0.1) is 0 Å². The number of sulfonamides is 1. The summed E-state index contributed by atoms with van der Waals surface area (Å²) in [5.74, 6) is -0.166. The fourth-order valence-corrected chi connectivity index (χ4v) is 4.38. The summed E-state index contributed by atoms with van der Waals surface area (Å²) in [6.07, 6.45) is 2.06. The maximum atomic E-state index is 12.8. The van der Waals surface area contributed by atoms with Crippen molar-refractivity contribution in [1.29, 1.82) is 0 Å². The summed E-state index contributed by atoms with van der Waals surface area (Å²) in [7, 11) is -3.63. The molecule has 0 bridgehead atoms. The topological polar surface area (TPSA) is 87.6 Å². The molecule has 1 aliphatic rings. The van der Waals surface area contributed by atoms with Crippen molar-refractivity contribution in [3.05, 3.63) is 59.7 Å². The van der Waals surface area contributed by atoms with E-state index in [1.807, 2.05) is 38.1 Å². The average Bonchev–Trinajstić information content (AvgIpc) is 2.92. The third-order valence-electron chi connectivity index (χ3n) is 4.59. The number of hydrogen-bond donors (Lipinski definition) is 2. The van der Waals surface area contributed by atoms with Gasteiger partial charge in [0.25, 0.3) is 10.0 Å². The van der Waals surface area contributed by atoms with Gasteiger partial charge in [-0.25, -0.2) is 8.42 Å². The van der Waals surface area contributed by atoms with E-state index >= 15 is 0 Å². The Hall–Kier alpha value is -2.67. The number of fused-ring (bicyclic) bond motifs is 1. The summed E-state index contributed by atoms with van der Waals surface area (Å²) >= 11 is 0. The molecular weight excluding hydrogens is 374 g/mol. The molecule has 148 valence electrons. The van der Waals surface area contributed by atoms with E-state index in [9.17, 15) is 13.2 Å². The van der Waals surface area contributed by atoms with Gasteiger partial charge in [0, 0.05) is 11.3 Å². The van der Waals surface area contributed by atoms with Crippen LogP contribution in [0.25, 0.3) is 0 Å². The second-order valence-corrected chi connectivity index (χ2v) is 8.86. The zero-order chi connectivity index (χ0) is 20.3. The van der Waals surface area contributed by atoms with Crippen molar-refractivity contribution < 1.29 is 13.2 Å². The molecule has 3 rings (SSSR count). The largest absolute Gasteiger partial charge is 0.324 e. The number of nitrogens with zero attached hydrogens (tertiary/aromatic N) is 1. The molecule has 0 spiro atoms. The Balaban J connectivity index is 1.84. The van der Waals surface area contributed by atoms with Crippen LogP contribution in [0.1, 0.15) is 38.3 Å². The van der Waals surface area contributed by atoms with Crippen LogP contribution in [-0.2, 0) is 21.2 Å². The number of hydrogen-bond acceptors (Lipinski definition) is 4. The first-order valence-corrected chi connectivity index (χ1v) is 10.9. The quantitative estimate of drug-likeness (QED) is 0.781. The van der Waals surface area contributed by atoms with Crippen LogP contribution in [0.5, 0.6) is 0 Å². The van der Waals surface area contributed by atoms with Crippen LogP contribution in [-0.4, -0.2) is 26.2 Å². The molecule has 2 aromatic carbocycles. The average molecular weight is 400 g/mol. The molecule has 1 amide bonds. The van der Waals surface area contributed by atoms with Crippen LogP contribution in [0.15, 0.2) is 58.4 Å². The molecule has 0 aliphatic carbocycles. The van der Waals surface area contributed by atoms with Crippen molar-refractivity contribution in [1.82, 2.24) is 4.72 Å². The Morgan fingerprint density at radius 1 is 1.11 bits per heavy atom. The second kappa shape index (κ2) is 8.14. The van der Waals surface area contributed by atoms with E-state index in [0.29, 0.717) is 11.3 Å². The number of carbonyl (C=O) groups excluding carboxylic acids is 1. The Morgan fingerprint density at radius 2 is 1.79 bits per heavy atom. The Kier molecular flexibility index (Phi) is 5.84. The zero-order valence-corrected chi connectivity index (χ0v) is 17.1. The Morgan fingerprint density at radius 3 is 2.43 bits per heavy atom. The van der Waals surface area contributed by atoms with Gasteiger partial charge in [-0.05, 0) is 42.2 Å². The molecule has 0 radical (unpaired) electrons. The Labute approximate surface area is 166 Å². The third-order valence-corrected chi connectivity index (χ3v) is 5.99. The fourth-order valence-electron chi connectivity index (χ4n) is 3.14. The summed E-state index contributed by atoms with van der Waals surface area (Å²) in [6, 6.07) is 13.7. The van der Waals surface area contributed by atoms with Crippen LogP contribution in [0.4, 0.5) is 5.69 Å². The maximum absolute atomic E-state index is 12.8. The number of benzene rings is 2. The number of anilines is 1. The minimum absolute atomic E-state index is 0.107. The van der Waals surface area contributed by atoms with E-state index in [-0.39, 0.29) is 22.6 Å². The molecule has 1 heterocycles. The van der Waals surface area contributed by atoms with Gasteiger partial charge >= 0.3 is 0 Å². The van der Waals surface area contributed by atoms with Gasteiger partial charge in [0.15, 0.2) is 0 Å². The van der Waals surface area contributed by atoms with E-state index in [4.69, 9.17) is 0 Å². The van der Waals surface area contributed by atoms with Crippen LogP contribution >= 0.6 is 0 Å². The van der Waals surface area contributed by atoms with Gasteiger partial charge in [-0.2, -0.15) is 0 Å². The number of amidine groups is 1. The molecule has 0 saturated heterocycles. The first-order chi connectivity index (χ1) is 13.3. The standard InChI is InChI=1S/C21H25N3O3S/c1-4-7-15-10-12-16(13-11-15)22-21(25)19(14(2)3)23-20-17-8-5-6-9-18(17)28(26,27)24-20/h5-6,8-14,19H,4,7H2,1-3H3,(H,22,25)(H,23,24)/t19-/m0/s1. The number of aryl methyl sites for hydroxylation is 1. The maximum Gasteiger partial charge on any atom is 0.263 e. The molecule has 6 nitrogen and oxygen atoms in total. The van der Waals surface area contributed by atoms with Gasteiger partial charge in [-0.3, -0.25) is 14.5 Å². The van der Waals surface area contributed by atoms with Crippen molar-refractivity contribution in [2.24, 2.45) is 10.9 Å². The molecule has 2 aromatic rings. The van der Waals surface area contributed by atoms with Crippen molar-refractivity contribution in [3.63, 3.8) is 0 Å². The van der Waals surface area contributed by atoms with E-state index in [1.165, 1.54) is 11.6 Å². The number of nitrogens with one attached hydrogen (secondary N) is 2. The van der Waals surface area contributed by atoms with E-state index in [1.54, 1.807) is 18.2 Å². The van der Waals surface area contributed by atoms with Crippen LogP contribution < -0.4 is 10.0 Å². The van der Waals surface area contributed by atoms with Gasteiger partial charge in [0.2, 0.25) is 5.91 Å². The predicted molar refractivity (Wildman–Crippen MR) is 111 cm³/mol. The summed E-state index contributed by atoms with van der Waals surface area (Å²) in [5, 5.41) is 2.89. The predicted octanol–water partition coefficient (Wildman–Crippen LogP) is 3.34. The lowest BCUT2D eigenvalue weighted by Crippen LogP contribution is -2.34. The lowest BCUT2D eigenvalue weighted by Gasteiger charge is -2.17. The molecule has 28 heavy (non-hydrogen) atoms. The highest BCUT2D eigenvalue weighted by atomic mass is 32.2. The second-order valence-electron chi connectivity index (χ2n) is 7.20. The third kappa shape index (κ3) is 4.25. The molecule has 2 N–H and O–H groups in total. The van der Waals surface area contributed by atoms with Gasteiger partial charge in [0.1, 0.15) is 11.9 Å². The molecule has 7 heteroatoms. The molecule has 0 fully saturated rings. The summed E-state index contributed by atoms with van der Waals surface area (Å²) in [6.45, 7) is 5.89. The fraction of sp³-hybridized carbons (Fsp3) is 0.333. The molecule has 0 aromatic heterocycles. The molecular formula is C21H25N3O3S. The van der Waals surface area contributed by atoms with Crippen molar-refractivity contribution in [2.45, 2.75) is 44.6 Å². The zero-order valence-electron chi connectivity index (χ0n) is 16.3. The van der Waals surface area contributed by atoms with Crippen molar-refractivity contribution >= 4 is 27.5 Å². The molecule has 1 aliphatic heterocycles. The minimum atomic E-state index is -3.63. The number of rotatable bonds is 6. The lowest BCUT2D eigenvalue weighted by atomic mass is 10.0. The highest BCUT2D eigenvalue weighted by molar-refractivity contribution is 7.90. The SMILES string of the molecule is CCCc1ccc(NC(=O)[C@@H](N=C2NS(=O)(=O)c3ccccc32)C(C)C)cc1. The smallest absolute Gasteiger partial charge is 0.263 e. The lowest BCUT2D eigenvalue weighted by molar-refractivity contribution is -0.118. The molecule has 1 atom stereocenters. The number of carbonyl (C=O) groups is 1. The van der Waals surface area contributed by atoms with E-state index in [0.717, 1.165) is 12.8 Å². The highest BCUT2D eigenvalue weighted by Crippen LogP contribution is 2.24. The molecule has 0 unspecified atom stereocenters. The van der Waals surface area contributed by atoms with Crippen LogP contribution in [0, 0.1) is 5.92 Å². The van der Waals surface area contributed by atoms with Gasteiger partial charge in [0.05, 0.1) is 4.90 Å². The number of amides is 1.